The Bertz CT molecular complexity index is 997. The van der Waals surface area contributed by atoms with E-state index in [9.17, 15) is 0 Å². The number of ether oxygens (including phenoxy) is 4. The molecule has 2 saturated heterocycles. The molecule has 2 heterocycles. The second kappa shape index (κ2) is 11.0. The van der Waals surface area contributed by atoms with Gasteiger partial charge in [-0.05, 0) is 90.6 Å². The highest BCUT2D eigenvalue weighted by Crippen LogP contribution is 2.38. The topological polar surface area (TPSA) is 73.8 Å². The third-order valence-corrected chi connectivity index (χ3v) is 7.87. The monoisotopic (exact) mass is 528 g/mol. The molecule has 4 rings (SSSR count). The molecule has 0 atom stereocenters. The number of hydrogen-bond donors (Lipinski definition) is 0. The molecule has 0 amide bonds. The molecular formula is C28H42B2O8. The number of rotatable bonds is 6. The van der Waals surface area contributed by atoms with Crippen molar-refractivity contribution in [3.8, 4) is 23.0 Å². The third kappa shape index (κ3) is 5.93. The minimum Gasteiger partial charge on any atom is -0.493 e. The molecule has 0 unspecified atom stereocenters. The molecule has 208 valence electrons. The predicted molar refractivity (Wildman–Crippen MR) is 151 cm³/mol. The van der Waals surface area contributed by atoms with Crippen LogP contribution in [-0.2, 0) is 18.6 Å². The van der Waals surface area contributed by atoms with Crippen molar-refractivity contribution in [2.24, 2.45) is 0 Å². The van der Waals surface area contributed by atoms with E-state index in [1.54, 1.807) is 28.4 Å². The maximum absolute atomic E-state index is 6.00. The molecule has 0 N–H and O–H groups in total. The molecule has 0 spiro atoms. The van der Waals surface area contributed by atoms with E-state index in [2.05, 4.69) is 0 Å². The molecule has 0 aliphatic carbocycles. The average molecular weight is 528 g/mol. The Kier molecular flexibility index (Phi) is 8.73. The largest absolute Gasteiger partial charge is 0.494 e. The maximum atomic E-state index is 6.00. The molecule has 0 saturated carbocycles. The van der Waals surface area contributed by atoms with E-state index in [1.807, 2.05) is 91.8 Å². The zero-order valence-electron chi connectivity index (χ0n) is 24.9. The van der Waals surface area contributed by atoms with Gasteiger partial charge in [0.1, 0.15) is 0 Å². The molecule has 2 aliphatic rings. The van der Waals surface area contributed by atoms with Gasteiger partial charge in [-0.1, -0.05) is 12.1 Å². The molecule has 2 aromatic rings. The molecule has 0 radical (unpaired) electrons. The first kappa shape index (κ1) is 30.2. The van der Waals surface area contributed by atoms with Crippen LogP contribution < -0.4 is 29.9 Å². The fourth-order valence-corrected chi connectivity index (χ4v) is 3.96. The second-order valence-electron chi connectivity index (χ2n) is 11.4. The summed E-state index contributed by atoms with van der Waals surface area (Å²) in [7, 11) is 5.70. The van der Waals surface area contributed by atoms with Gasteiger partial charge < -0.3 is 37.6 Å². The summed E-state index contributed by atoms with van der Waals surface area (Å²) in [4.78, 5) is 0. The highest BCUT2D eigenvalue weighted by Gasteiger charge is 2.52. The van der Waals surface area contributed by atoms with Gasteiger partial charge in [-0.3, -0.25) is 0 Å². The average Bonchev–Trinajstić information content (AvgIpc) is 3.22. The van der Waals surface area contributed by atoms with Crippen molar-refractivity contribution in [1.29, 1.82) is 0 Å². The van der Waals surface area contributed by atoms with Crippen molar-refractivity contribution in [2.75, 3.05) is 28.4 Å². The van der Waals surface area contributed by atoms with Crippen LogP contribution in [0.5, 0.6) is 23.0 Å². The quantitative estimate of drug-likeness (QED) is 0.522. The fourth-order valence-electron chi connectivity index (χ4n) is 3.96. The van der Waals surface area contributed by atoms with E-state index < -0.39 is 0 Å². The van der Waals surface area contributed by atoms with Gasteiger partial charge in [-0.2, -0.15) is 0 Å². The van der Waals surface area contributed by atoms with Crippen molar-refractivity contribution in [2.45, 2.75) is 77.8 Å². The van der Waals surface area contributed by atoms with Crippen LogP contribution in [0.4, 0.5) is 0 Å². The Morgan fingerprint density at radius 1 is 0.447 bits per heavy atom. The van der Waals surface area contributed by atoms with Gasteiger partial charge in [0.25, 0.3) is 0 Å². The van der Waals surface area contributed by atoms with Crippen LogP contribution in [0.15, 0.2) is 36.4 Å². The lowest BCUT2D eigenvalue weighted by atomic mass is 9.79. The summed E-state index contributed by atoms with van der Waals surface area (Å²) >= 11 is 0. The minimum atomic E-state index is -0.384. The summed E-state index contributed by atoms with van der Waals surface area (Å²) in [5.41, 5.74) is 0.485. The summed E-state index contributed by atoms with van der Waals surface area (Å²) in [5, 5.41) is 0. The van der Waals surface area contributed by atoms with Gasteiger partial charge in [0, 0.05) is 0 Å². The summed E-state index contributed by atoms with van der Waals surface area (Å²) in [6.07, 6.45) is 0. The molecule has 0 aromatic heterocycles. The Labute approximate surface area is 228 Å². The van der Waals surface area contributed by atoms with Crippen molar-refractivity contribution in [3.05, 3.63) is 36.4 Å². The highest BCUT2D eigenvalue weighted by molar-refractivity contribution is 6.62. The standard InChI is InChI=1S/2C14H21BO4/c2*1-13(2)14(3,4)19-15(18-13)10-7-8-11(16-5)12(9-10)17-6/h2*7-9H,1-6H3. The van der Waals surface area contributed by atoms with Crippen LogP contribution >= 0.6 is 0 Å². The van der Waals surface area contributed by atoms with Crippen molar-refractivity contribution in [1.82, 2.24) is 0 Å². The molecule has 2 aliphatic heterocycles. The van der Waals surface area contributed by atoms with Crippen LogP contribution in [0.25, 0.3) is 0 Å². The van der Waals surface area contributed by atoms with Crippen molar-refractivity contribution < 1.29 is 37.6 Å². The van der Waals surface area contributed by atoms with Crippen molar-refractivity contribution >= 4 is 25.2 Å². The van der Waals surface area contributed by atoms with Gasteiger partial charge in [0.2, 0.25) is 0 Å². The SMILES string of the molecule is COc1ccc(B2OC(C)(C)C(C)(C)O2)cc1OC.COc1ccc(B2OC(C)(C)C(C)(C)O2)cc1OC. The van der Waals surface area contributed by atoms with Gasteiger partial charge >= 0.3 is 14.2 Å². The van der Waals surface area contributed by atoms with E-state index >= 15 is 0 Å². The summed E-state index contributed by atoms with van der Waals surface area (Å²) in [6.45, 7) is 16.3. The van der Waals surface area contributed by atoms with Gasteiger partial charge in [0.15, 0.2) is 23.0 Å². The van der Waals surface area contributed by atoms with Crippen LogP contribution in [-0.4, -0.2) is 65.1 Å². The van der Waals surface area contributed by atoms with Gasteiger partial charge in [-0.15, -0.1) is 0 Å². The fraction of sp³-hybridized carbons (Fsp3) is 0.571. The maximum Gasteiger partial charge on any atom is 0.494 e. The smallest absolute Gasteiger partial charge is 0.493 e. The molecule has 8 nitrogen and oxygen atoms in total. The summed E-state index contributed by atoms with van der Waals surface area (Å²) in [6, 6.07) is 11.4. The first-order valence-electron chi connectivity index (χ1n) is 12.8. The lowest BCUT2D eigenvalue weighted by Gasteiger charge is -2.32. The Morgan fingerprint density at radius 3 is 0.947 bits per heavy atom. The molecule has 2 fully saturated rings. The number of methoxy groups -OCH3 is 4. The van der Waals surface area contributed by atoms with E-state index in [1.165, 1.54) is 0 Å². The van der Waals surface area contributed by atoms with Crippen molar-refractivity contribution in [3.63, 3.8) is 0 Å². The number of hydrogen-bond acceptors (Lipinski definition) is 8. The number of benzene rings is 2. The normalized spacial score (nSPS) is 20.4. The zero-order valence-corrected chi connectivity index (χ0v) is 24.9. The van der Waals surface area contributed by atoms with Gasteiger partial charge in [-0.25, -0.2) is 0 Å². The lowest BCUT2D eigenvalue weighted by Crippen LogP contribution is -2.41. The van der Waals surface area contributed by atoms with Gasteiger partial charge in [0.05, 0.1) is 50.8 Å². The van der Waals surface area contributed by atoms with E-state index in [0.29, 0.717) is 23.0 Å². The molecule has 10 heteroatoms. The Hall–Kier alpha value is -2.39. The lowest BCUT2D eigenvalue weighted by molar-refractivity contribution is 0.00578. The first-order chi connectivity index (χ1) is 17.6. The van der Waals surface area contributed by atoms with E-state index in [4.69, 9.17) is 37.6 Å². The third-order valence-electron chi connectivity index (χ3n) is 7.87. The summed E-state index contributed by atoms with van der Waals surface area (Å²) in [5.74, 6) is 2.75. The second-order valence-corrected chi connectivity index (χ2v) is 11.4. The highest BCUT2D eigenvalue weighted by atomic mass is 16.7. The molecule has 38 heavy (non-hydrogen) atoms. The van der Waals surface area contributed by atoms with E-state index in [0.717, 1.165) is 10.9 Å². The van der Waals surface area contributed by atoms with Crippen LogP contribution in [0, 0.1) is 0 Å². The van der Waals surface area contributed by atoms with E-state index in [-0.39, 0.29) is 36.6 Å². The van der Waals surface area contributed by atoms with Crippen LogP contribution in [0.2, 0.25) is 0 Å². The molecule has 0 bridgehead atoms. The Balaban J connectivity index is 0.000000211. The first-order valence-corrected chi connectivity index (χ1v) is 12.8. The zero-order chi connectivity index (χ0) is 28.5. The molecular weight excluding hydrogens is 486 g/mol. The van der Waals surface area contributed by atoms with Crippen LogP contribution in [0.1, 0.15) is 55.4 Å². The predicted octanol–water partition coefficient (Wildman–Crippen LogP) is 4.01. The van der Waals surface area contributed by atoms with Crippen LogP contribution in [0.3, 0.4) is 0 Å². The molecule has 2 aromatic carbocycles. The summed E-state index contributed by atoms with van der Waals surface area (Å²) < 4.78 is 45.1. The minimum absolute atomic E-state index is 0.342. The Morgan fingerprint density at radius 2 is 0.711 bits per heavy atom.